The van der Waals surface area contributed by atoms with E-state index in [1.54, 1.807) is 30.6 Å². The summed E-state index contributed by atoms with van der Waals surface area (Å²) in [7, 11) is 1.47. The van der Waals surface area contributed by atoms with Crippen molar-refractivity contribution in [3.05, 3.63) is 56.2 Å². The van der Waals surface area contributed by atoms with Crippen LogP contribution >= 0.6 is 11.8 Å². The van der Waals surface area contributed by atoms with Crippen molar-refractivity contribution in [2.75, 3.05) is 20.3 Å². The number of imide groups is 1. The molecule has 1 aliphatic heterocycles. The van der Waals surface area contributed by atoms with Crippen molar-refractivity contribution >= 4 is 40.6 Å². The average molecular weight is 459 g/mol. The number of ether oxygens (including phenoxy) is 2. The van der Waals surface area contributed by atoms with Crippen LogP contribution in [0.25, 0.3) is 11.8 Å². The summed E-state index contributed by atoms with van der Waals surface area (Å²) in [6, 6.07) is 6.09. The summed E-state index contributed by atoms with van der Waals surface area (Å²) in [6.07, 6.45) is 1.57. The standard InChI is InChI=1S/C21H21N3O7S/c1-5-31-19(25)11-22-20(26)18(32-21(22)27)9-14-8-12(2)23(13(14)3)16-10-15(24(28)29)6-7-17(16)30-4/h6-10H,5,11H2,1-4H3. The first-order valence-electron chi connectivity index (χ1n) is 9.60. The van der Waals surface area contributed by atoms with Gasteiger partial charge in [-0.25, -0.2) is 0 Å². The van der Waals surface area contributed by atoms with Crippen LogP contribution in [0.4, 0.5) is 10.5 Å². The number of aromatic nitrogens is 1. The third-order valence-electron chi connectivity index (χ3n) is 4.84. The number of rotatable bonds is 7. The second kappa shape index (κ2) is 9.27. The number of nitro benzene ring substituents is 1. The van der Waals surface area contributed by atoms with Crippen molar-refractivity contribution in [1.29, 1.82) is 0 Å². The third-order valence-corrected chi connectivity index (χ3v) is 5.74. The Balaban J connectivity index is 1.99. The highest BCUT2D eigenvalue weighted by molar-refractivity contribution is 8.18. The van der Waals surface area contributed by atoms with Gasteiger partial charge in [-0.05, 0) is 56.3 Å². The first kappa shape index (κ1) is 23.1. The Hall–Kier alpha value is -3.60. The number of non-ortho nitro benzene ring substituents is 1. The Kier molecular flexibility index (Phi) is 6.68. The molecule has 3 rings (SSSR count). The SMILES string of the molecule is CCOC(=O)CN1C(=O)SC(=Cc2cc(C)n(-c3cc([N+](=O)[O-])ccc3OC)c2C)C1=O. The molecule has 10 nitrogen and oxygen atoms in total. The molecule has 1 fully saturated rings. The molecule has 0 unspecified atom stereocenters. The van der Waals surface area contributed by atoms with Crippen LogP contribution in [0.3, 0.4) is 0 Å². The van der Waals surface area contributed by atoms with Gasteiger partial charge in [0.15, 0.2) is 0 Å². The lowest BCUT2D eigenvalue weighted by Gasteiger charge is -2.14. The molecule has 1 aromatic carbocycles. The molecule has 2 aromatic rings. The van der Waals surface area contributed by atoms with E-state index in [9.17, 15) is 24.5 Å². The van der Waals surface area contributed by atoms with E-state index in [2.05, 4.69) is 0 Å². The van der Waals surface area contributed by atoms with E-state index in [-0.39, 0.29) is 17.2 Å². The number of aryl methyl sites for hydroxylation is 1. The first-order valence-corrected chi connectivity index (χ1v) is 10.4. The maximum atomic E-state index is 12.7. The number of hydrogen-bond donors (Lipinski definition) is 0. The highest BCUT2D eigenvalue weighted by Crippen LogP contribution is 2.35. The van der Waals surface area contributed by atoms with Crippen LogP contribution in [0.1, 0.15) is 23.9 Å². The zero-order valence-corrected chi connectivity index (χ0v) is 18.7. The summed E-state index contributed by atoms with van der Waals surface area (Å²) in [5.41, 5.74) is 2.48. The molecule has 0 N–H and O–H groups in total. The van der Waals surface area contributed by atoms with Crippen LogP contribution in [0.5, 0.6) is 5.75 Å². The lowest BCUT2D eigenvalue weighted by Crippen LogP contribution is -2.34. The lowest BCUT2D eigenvalue weighted by atomic mass is 10.2. The van der Waals surface area contributed by atoms with Gasteiger partial charge in [0.05, 0.1) is 29.2 Å². The highest BCUT2D eigenvalue weighted by atomic mass is 32.2. The summed E-state index contributed by atoms with van der Waals surface area (Å²) in [6.45, 7) is 4.95. The number of benzene rings is 1. The minimum absolute atomic E-state index is 0.0880. The molecular weight excluding hydrogens is 438 g/mol. The van der Waals surface area contributed by atoms with Crippen molar-refractivity contribution < 1.29 is 28.8 Å². The minimum atomic E-state index is -0.660. The molecule has 0 atom stereocenters. The van der Waals surface area contributed by atoms with Gasteiger partial charge in [0.2, 0.25) is 0 Å². The van der Waals surface area contributed by atoms with Gasteiger partial charge >= 0.3 is 5.97 Å². The average Bonchev–Trinajstić information content (AvgIpc) is 3.17. The van der Waals surface area contributed by atoms with E-state index in [4.69, 9.17) is 9.47 Å². The monoisotopic (exact) mass is 459 g/mol. The number of esters is 1. The maximum Gasteiger partial charge on any atom is 0.326 e. The zero-order valence-electron chi connectivity index (χ0n) is 17.9. The molecule has 0 aliphatic carbocycles. The van der Waals surface area contributed by atoms with Crippen molar-refractivity contribution in [3.63, 3.8) is 0 Å². The smallest absolute Gasteiger partial charge is 0.326 e. The Labute approximate surface area is 187 Å². The second-order valence-electron chi connectivity index (χ2n) is 6.85. The maximum absolute atomic E-state index is 12.7. The molecule has 2 amide bonds. The second-order valence-corrected chi connectivity index (χ2v) is 7.84. The molecule has 168 valence electrons. The number of nitro groups is 1. The number of nitrogens with zero attached hydrogens (tertiary/aromatic N) is 3. The fraction of sp³-hybridized carbons (Fsp3) is 0.286. The van der Waals surface area contributed by atoms with E-state index < -0.39 is 28.6 Å². The van der Waals surface area contributed by atoms with E-state index >= 15 is 0 Å². The molecule has 1 aromatic heterocycles. The molecule has 2 heterocycles. The van der Waals surface area contributed by atoms with Crippen molar-refractivity contribution in [2.45, 2.75) is 20.8 Å². The number of carbonyl (C=O) groups is 3. The quantitative estimate of drug-likeness (QED) is 0.266. The molecule has 11 heteroatoms. The van der Waals surface area contributed by atoms with Gasteiger partial charge in [-0.15, -0.1) is 0 Å². The lowest BCUT2D eigenvalue weighted by molar-refractivity contribution is -0.384. The van der Waals surface area contributed by atoms with Gasteiger partial charge in [-0.2, -0.15) is 0 Å². The number of amides is 2. The Morgan fingerprint density at radius 3 is 2.59 bits per heavy atom. The van der Waals surface area contributed by atoms with E-state index in [1.807, 2.05) is 6.92 Å². The molecule has 0 bridgehead atoms. The number of thioether (sulfide) groups is 1. The van der Waals surface area contributed by atoms with Crippen LogP contribution in [0, 0.1) is 24.0 Å². The van der Waals surface area contributed by atoms with E-state index in [0.29, 0.717) is 22.7 Å². The van der Waals surface area contributed by atoms with Crippen LogP contribution in [0.2, 0.25) is 0 Å². The van der Waals surface area contributed by atoms with E-state index in [0.717, 1.165) is 22.4 Å². The fourth-order valence-corrected chi connectivity index (χ4v) is 4.21. The predicted octanol–water partition coefficient (Wildman–Crippen LogP) is 3.61. The summed E-state index contributed by atoms with van der Waals surface area (Å²) < 4.78 is 12.0. The number of carbonyl (C=O) groups excluding carboxylic acids is 3. The molecule has 0 radical (unpaired) electrons. The molecular formula is C21H21N3O7S. The Morgan fingerprint density at radius 2 is 1.97 bits per heavy atom. The largest absolute Gasteiger partial charge is 0.495 e. The highest BCUT2D eigenvalue weighted by Gasteiger charge is 2.37. The van der Waals surface area contributed by atoms with Crippen molar-refractivity contribution in [1.82, 2.24) is 9.47 Å². The molecule has 32 heavy (non-hydrogen) atoms. The normalized spacial score (nSPS) is 14.9. The van der Waals surface area contributed by atoms with Gasteiger partial charge in [-0.1, -0.05) is 0 Å². The van der Waals surface area contributed by atoms with Crippen LogP contribution < -0.4 is 4.74 Å². The van der Waals surface area contributed by atoms with Gasteiger partial charge in [-0.3, -0.25) is 29.4 Å². The van der Waals surface area contributed by atoms with Crippen molar-refractivity contribution in [3.8, 4) is 11.4 Å². The summed E-state index contributed by atoms with van der Waals surface area (Å²) in [4.78, 5) is 48.3. The number of methoxy groups -OCH3 is 1. The summed E-state index contributed by atoms with van der Waals surface area (Å²) in [5.74, 6) is -0.795. The molecule has 1 saturated heterocycles. The van der Waals surface area contributed by atoms with Crippen LogP contribution in [-0.2, 0) is 14.3 Å². The van der Waals surface area contributed by atoms with E-state index in [1.165, 1.54) is 25.3 Å². The van der Waals surface area contributed by atoms with Gasteiger partial charge in [0, 0.05) is 23.5 Å². The van der Waals surface area contributed by atoms with Gasteiger partial charge < -0.3 is 14.0 Å². The van der Waals surface area contributed by atoms with Gasteiger partial charge in [0.1, 0.15) is 12.3 Å². The molecule has 1 aliphatic rings. The molecule has 0 saturated carbocycles. The zero-order chi connectivity index (χ0) is 23.6. The Morgan fingerprint density at radius 1 is 1.25 bits per heavy atom. The topological polar surface area (TPSA) is 121 Å². The molecule has 0 spiro atoms. The minimum Gasteiger partial charge on any atom is -0.495 e. The van der Waals surface area contributed by atoms with Crippen LogP contribution in [-0.4, -0.2) is 51.8 Å². The van der Waals surface area contributed by atoms with Crippen LogP contribution in [0.15, 0.2) is 29.2 Å². The summed E-state index contributed by atoms with van der Waals surface area (Å²) >= 11 is 0.738. The fourth-order valence-electron chi connectivity index (χ4n) is 3.38. The summed E-state index contributed by atoms with van der Waals surface area (Å²) in [5, 5.41) is 10.7. The van der Waals surface area contributed by atoms with Gasteiger partial charge in [0.25, 0.3) is 16.8 Å². The third kappa shape index (κ3) is 4.37. The first-order chi connectivity index (χ1) is 15.2. The Bertz CT molecular complexity index is 1150. The number of hydrogen-bond acceptors (Lipinski definition) is 8. The van der Waals surface area contributed by atoms with Crippen molar-refractivity contribution in [2.24, 2.45) is 0 Å². The predicted molar refractivity (Wildman–Crippen MR) is 118 cm³/mol.